The minimum Gasteiger partial charge on any atom is -0.322 e. The summed E-state index contributed by atoms with van der Waals surface area (Å²) in [6.07, 6.45) is 1.000. The average molecular weight is 216 g/mol. The van der Waals surface area contributed by atoms with Crippen molar-refractivity contribution in [1.29, 1.82) is 0 Å². The second kappa shape index (κ2) is 4.49. The van der Waals surface area contributed by atoms with E-state index in [1.165, 1.54) is 5.56 Å². The summed E-state index contributed by atoms with van der Waals surface area (Å²) >= 11 is 0. The number of rotatable bonds is 3. The second-order valence-corrected chi connectivity index (χ2v) is 4.30. The zero-order chi connectivity index (χ0) is 11.5. The van der Waals surface area contributed by atoms with Crippen molar-refractivity contribution in [2.24, 2.45) is 0 Å². The minimum atomic E-state index is -0.0442. The first-order valence-corrected chi connectivity index (χ1v) is 5.42. The number of H-pyrrole nitrogens is 1. The lowest BCUT2D eigenvalue weighted by atomic mass is 10.1. The lowest BCUT2D eigenvalue weighted by Gasteiger charge is -2.09. The fourth-order valence-electron chi connectivity index (χ4n) is 1.71. The van der Waals surface area contributed by atoms with Gasteiger partial charge in [0.2, 0.25) is 5.56 Å². The normalized spacial score (nSPS) is 11.2. The molecule has 2 aromatic rings. The van der Waals surface area contributed by atoms with Crippen LogP contribution in [0, 0.1) is 0 Å². The third-order valence-electron chi connectivity index (χ3n) is 2.64. The first-order valence-electron chi connectivity index (χ1n) is 5.42. The molecule has 1 aromatic carbocycles. The number of benzene rings is 1. The molecular weight excluding hydrogens is 200 g/mol. The van der Waals surface area contributed by atoms with E-state index in [0.717, 1.165) is 23.9 Å². The molecule has 2 rings (SSSR count). The second-order valence-electron chi connectivity index (χ2n) is 4.30. The largest absolute Gasteiger partial charge is 0.322 e. The van der Waals surface area contributed by atoms with Crippen molar-refractivity contribution in [3.63, 3.8) is 0 Å². The summed E-state index contributed by atoms with van der Waals surface area (Å²) < 4.78 is 0. The minimum absolute atomic E-state index is 0.0442. The summed E-state index contributed by atoms with van der Waals surface area (Å²) in [6.45, 7) is 1.02. The summed E-state index contributed by atoms with van der Waals surface area (Å²) in [4.78, 5) is 16.2. The van der Waals surface area contributed by atoms with Crippen LogP contribution in [0.15, 0.2) is 35.1 Å². The Balaban J connectivity index is 2.31. The topological polar surface area (TPSA) is 36.1 Å². The number of aromatic amines is 1. The van der Waals surface area contributed by atoms with Gasteiger partial charge in [-0.2, -0.15) is 0 Å². The van der Waals surface area contributed by atoms with Crippen molar-refractivity contribution < 1.29 is 0 Å². The van der Waals surface area contributed by atoms with Crippen LogP contribution in [0.4, 0.5) is 0 Å². The van der Waals surface area contributed by atoms with E-state index in [-0.39, 0.29) is 5.56 Å². The van der Waals surface area contributed by atoms with E-state index in [0.29, 0.717) is 0 Å². The highest BCUT2D eigenvalue weighted by Crippen LogP contribution is 2.12. The Morgan fingerprint density at radius 3 is 2.69 bits per heavy atom. The fraction of sp³-hybridized carbons (Fsp3) is 0.308. The molecule has 1 N–H and O–H groups in total. The molecule has 0 amide bonds. The molecule has 3 nitrogen and oxygen atoms in total. The first-order chi connectivity index (χ1) is 7.65. The summed E-state index contributed by atoms with van der Waals surface area (Å²) in [5.74, 6) is 0. The molecule has 0 fully saturated rings. The molecule has 1 heterocycles. The Kier molecular flexibility index (Phi) is 3.06. The zero-order valence-electron chi connectivity index (χ0n) is 9.66. The van der Waals surface area contributed by atoms with Gasteiger partial charge in [-0.05, 0) is 43.6 Å². The van der Waals surface area contributed by atoms with E-state index >= 15 is 0 Å². The Morgan fingerprint density at radius 2 is 1.94 bits per heavy atom. The molecule has 0 aliphatic heterocycles. The van der Waals surface area contributed by atoms with E-state index in [2.05, 4.69) is 42.2 Å². The summed E-state index contributed by atoms with van der Waals surface area (Å²) in [5, 5.41) is 1.08. The summed E-state index contributed by atoms with van der Waals surface area (Å²) in [7, 11) is 4.12. The number of hydrogen-bond acceptors (Lipinski definition) is 2. The molecule has 84 valence electrons. The average Bonchev–Trinajstić information content (AvgIpc) is 2.25. The van der Waals surface area contributed by atoms with Gasteiger partial charge in [-0.25, -0.2) is 0 Å². The van der Waals surface area contributed by atoms with E-state index in [1.807, 2.05) is 6.07 Å². The third-order valence-corrected chi connectivity index (χ3v) is 2.64. The van der Waals surface area contributed by atoms with Crippen LogP contribution in [-0.2, 0) is 6.42 Å². The van der Waals surface area contributed by atoms with Crippen molar-refractivity contribution in [2.45, 2.75) is 6.42 Å². The highest BCUT2D eigenvalue weighted by Gasteiger charge is 1.98. The number of hydrogen-bond donors (Lipinski definition) is 1. The fourth-order valence-corrected chi connectivity index (χ4v) is 1.71. The number of likely N-dealkylation sites (N-methyl/N-ethyl adjacent to an activating group) is 1. The van der Waals surface area contributed by atoms with E-state index in [9.17, 15) is 4.79 Å². The van der Waals surface area contributed by atoms with Crippen LogP contribution in [0.5, 0.6) is 0 Å². The van der Waals surface area contributed by atoms with Crippen LogP contribution in [0.25, 0.3) is 10.9 Å². The molecule has 0 spiro atoms. The summed E-state index contributed by atoms with van der Waals surface area (Å²) in [6, 6.07) is 9.63. The van der Waals surface area contributed by atoms with Gasteiger partial charge < -0.3 is 9.88 Å². The molecule has 0 atom stereocenters. The van der Waals surface area contributed by atoms with E-state index < -0.39 is 0 Å². The van der Waals surface area contributed by atoms with Gasteiger partial charge in [0.25, 0.3) is 0 Å². The maximum Gasteiger partial charge on any atom is 0.248 e. The van der Waals surface area contributed by atoms with Gasteiger partial charge in [0, 0.05) is 18.1 Å². The lowest BCUT2D eigenvalue weighted by Crippen LogP contribution is -2.15. The molecular formula is C13H16N2O. The van der Waals surface area contributed by atoms with Crippen LogP contribution in [-0.4, -0.2) is 30.5 Å². The number of nitrogens with zero attached hydrogens (tertiary/aromatic N) is 1. The molecule has 16 heavy (non-hydrogen) atoms. The SMILES string of the molecule is CN(C)CCc1ccc2ccc(=O)[nH]c2c1. The molecule has 3 heteroatoms. The predicted molar refractivity (Wildman–Crippen MR) is 66.8 cm³/mol. The maximum atomic E-state index is 11.2. The predicted octanol–water partition coefficient (Wildman–Crippen LogP) is 1.63. The number of pyridine rings is 1. The van der Waals surface area contributed by atoms with Gasteiger partial charge >= 0.3 is 0 Å². The highest BCUT2D eigenvalue weighted by molar-refractivity contribution is 5.78. The van der Waals surface area contributed by atoms with Gasteiger partial charge in [-0.1, -0.05) is 12.1 Å². The maximum absolute atomic E-state index is 11.2. The van der Waals surface area contributed by atoms with Crippen LogP contribution in [0.1, 0.15) is 5.56 Å². The van der Waals surface area contributed by atoms with Crippen molar-refractivity contribution in [3.8, 4) is 0 Å². The molecule has 0 aliphatic rings. The standard InChI is InChI=1S/C13H16N2O/c1-15(2)8-7-10-3-4-11-5-6-13(16)14-12(11)9-10/h3-6,9H,7-8H2,1-2H3,(H,14,16). The van der Waals surface area contributed by atoms with Crippen LogP contribution in [0.3, 0.4) is 0 Å². The van der Waals surface area contributed by atoms with Crippen molar-refractivity contribution in [3.05, 3.63) is 46.2 Å². The smallest absolute Gasteiger partial charge is 0.248 e. The highest BCUT2D eigenvalue weighted by atomic mass is 16.1. The first kappa shape index (κ1) is 10.9. The summed E-state index contributed by atoms with van der Waals surface area (Å²) in [5.41, 5.74) is 2.13. The van der Waals surface area contributed by atoms with Gasteiger partial charge in [0.15, 0.2) is 0 Å². The van der Waals surface area contributed by atoms with Crippen molar-refractivity contribution in [2.75, 3.05) is 20.6 Å². The van der Waals surface area contributed by atoms with E-state index in [4.69, 9.17) is 0 Å². The van der Waals surface area contributed by atoms with Gasteiger partial charge in [0.1, 0.15) is 0 Å². The monoisotopic (exact) mass is 216 g/mol. The van der Waals surface area contributed by atoms with E-state index in [1.54, 1.807) is 6.07 Å². The Labute approximate surface area is 94.7 Å². The number of aromatic nitrogens is 1. The number of fused-ring (bicyclic) bond motifs is 1. The molecule has 0 unspecified atom stereocenters. The van der Waals surface area contributed by atoms with Crippen molar-refractivity contribution >= 4 is 10.9 Å². The Bertz CT molecular complexity index is 543. The van der Waals surface area contributed by atoms with Crippen LogP contribution in [0.2, 0.25) is 0 Å². The molecule has 0 saturated heterocycles. The van der Waals surface area contributed by atoms with Crippen molar-refractivity contribution in [1.82, 2.24) is 9.88 Å². The molecule has 0 aliphatic carbocycles. The molecule has 0 bridgehead atoms. The Hall–Kier alpha value is -1.61. The lowest BCUT2D eigenvalue weighted by molar-refractivity contribution is 0.414. The Morgan fingerprint density at radius 1 is 1.19 bits per heavy atom. The van der Waals surface area contributed by atoms with Crippen LogP contribution >= 0.6 is 0 Å². The zero-order valence-corrected chi connectivity index (χ0v) is 9.66. The number of nitrogens with one attached hydrogen (secondary N) is 1. The van der Waals surface area contributed by atoms with Gasteiger partial charge in [-0.3, -0.25) is 4.79 Å². The van der Waals surface area contributed by atoms with Gasteiger partial charge in [-0.15, -0.1) is 0 Å². The molecule has 0 radical (unpaired) electrons. The molecule has 1 aromatic heterocycles. The quantitative estimate of drug-likeness (QED) is 0.846. The molecule has 0 saturated carbocycles. The van der Waals surface area contributed by atoms with Gasteiger partial charge in [0.05, 0.1) is 0 Å². The third kappa shape index (κ3) is 2.49. The van der Waals surface area contributed by atoms with Crippen LogP contribution < -0.4 is 5.56 Å².